The number of nitrogen functional groups attached to an aromatic ring is 1. The first-order chi connectivity index (χ1) is 11.6. The van der Waals surface area contributed by atoms with Crippen molar-refractivity contribution >= 4 is 17.4 Å². The van der Waals surface area contributed by atoms with Crippen LogP contribution < -0.4 is 15.8 Å². The Balaban J connectivity index is 1.94. The lowest BCUT2D eigenvalue weighted by Crippen LogP contribution is -2.09. The highest BCUT2D eigenvalue weighted by atomic mass is 16.5. The highest BCUT2D eigenvalue weighted by molar-refractivity contribution is 5.99. The standard InChI is InChI=1S/C15H16N6O3/c16-12-7-11(19-15(20-12)24-4-3-22)14(21-17)8-1-2-10-9(5-8)6-13(23)18-10/h1-2,5,7,14,17,22H,3-4,6H2,(H,18,23)(H2,16,19,20). The lowest BCUT2D eigenvalue weighted by molar-refractivity contribution is -0.115. The number of nitrogens with zero attached hydrogens (tertiary/aromatic N) is 3. The number of aliphatic hydroxyl groups is 1. The Bertz CT molecular complexity index is 795. The number of rotatable bonds is 6. The Labute approximate surface area is 137 Å². The molecule has 1 aromatic heterocycles. The largest absolute Gasteiger partial charge is 0.461 e. The molecule has 1 amide bonds. The first-order valence-electron chi connectivity index (χ1n) is 7.28. The second-order valence-electron chi connectivity index (χ2n) is 5.25. The average molecular weight is 328 g/mol. The SMILES string of the molecule is N=NC(c1ccc2c(c1)CC(=O)N2)c1cc(N)nc(OCCO)n1. The summed E-state index contributed by atoms with van der Waals surface area (Å²) in [4.78, 5) is 19.6. The lowest BCUT2D eigenvalue weighted by atomic mass is 10.0. The van der Waals surface area contributed by atoms with Crippen molar-refractivity contribution in [2.24, 2.45) is 5.11 Å². The number of nitrogens with one attached hydrogen (secondary N) is 2. The third-order valence-electron chi connectivity index (χ3n) is 3.55. The van der Waals surface area contributed by atoms with Crippen molar-refractivity contribution < 1.29 is 14.6 Å². The maximum absolute atomic E-state index is 11.5. The molecule has 9 heteroatoms. The van der Waals surface area contributed by atoms with Gasteiger partial charge in [-0.3, -0.25) is 4.79 Å². The molecule has 2 aromatic rings. The highest BCUT2D eigenvalue weighted by Gasteiger charge is 2.22. The number of fused-ring (bicyclic) bond motifs is 1. The molecular weight excluding hydrogens is 312 g/mol. The van der Waals surface area contributed by atoms with Crippen LogP contribution in [0.2, 0.25) is 0 Å². The van der Waals surface area contributed by atoms with Crippen LogP contribution in [0, 0.1) is 5.53 Å². The van der Waals surface area contributed by atoms with Crippen molar-refractivity contribution in [3.8, 4) is 6.01 Å². The van der Waals surface area contributed by atoms with Gasteiger partial charge in [-0.15, -0.1) is 0 Å². The lowest BCUT2D eigenvalue weighted by Gasteiger charge is -2.13. The summed E-state index contributed by atoms with van der Waals surface area (Å²) in [6.45, 7) is -0.135. The Hall–Kier alpha value is -3.07. The number of benzene rings is 1. The van der Waals surface area contributed by atoms with Gasteiger partial charge in [0.25, 0.3) is 0 Å². The Morgan fingerprint density at radius 1 is 1.42 bits per heavy atom. The van der Waals surface area contributed by atoms with Crippen LogP contribution in [-0.2, 0) is 11.2 Å². The highest BCUT2D eigenvalue weighted by Crippen LogP contribution is 2.31. The number of hydrogen-bond donors (Lipinski definition) is 4. The minimum atomic E-state index is -0.687. The Morgan fingerprint density at radius 3 is 3.00 bits per heavy atom. The van der Waals surface area contributed by atoms with Gasteiger partial charge in [-0.25, -0.2) is 5.53 Å². The van der Waals surface area contributed by atoms with Crippen LogP contribution in [0.25, 0.3) is 0 Å². The second-order valence-corrected chi connectivity index (χ2v) is 5.25. The summed E-state index contributed by atoms with van der Waals surface area (Å²) in [6.07, 6.45) is 0.296. The summed E-state index contributed by atoms with van der Waals surface area (Å²) < 4.78 is 5.19. The smallest absolute Gasteiger partial charge is 0.318 e. The van der Waals surface area contributed by atoms with Gasteiger partial charge in [0, 0.05) is 11.8 Å². The van der Waals surface area contributed by atoms with Crippen LogP contribution in [0.4, 0.5) is 11.5 Å². The molecule has 2 heterocycles. The molecule has 0 spiro atoms. The molecule has 0 radical (unpaired) electrons. The van der Waals surface area contributed by atoms with Crippen molar-refractivity contribution in [1.82, 2.24) is 9.97 Å². The van der Waals surface area contributed by atoms with Crippen molar-refractivity contribution in [2.45, 2.75) is 12.5 Å². The van der Waals surface area contributed by atoms with Crippen LogP contribution in [0.3, 0.4) is 0 Å². The zero-order valence-electron chi connectivity index (χ0n) is 12.7. The monoisotopic (exact) mass is 328 g/mol. The molecule has 0 bridgehead atoms. The number of anilines is 2. The molecule has 1 aliphatic rings. The predicted octanol–water partition coefficient (Wildman–Crippen LogP) is 1.04. The number of aliphatic hydroxyl groups excluding tert-OH is 1. The van der Waals surface area contributed by atoms with Gasteiger partial charge in [0.1, 0.15) is 18.5 Å². The maximum Gasteiger partial charge on any atom is 0.318 e. The molecule has 1 aliphatic heterocycles. The molecule has 9 nitrogen and oxygen atoms in total. The number of aromatic nitrogens is 2. The van der Waals surface area contributed by atoms with E-state index in [0.29, 0.717) is 17.7 Å². The van der Waals surface area contributed by atoms with E-state index in [9.17, 15) is 4.79 Å². The number of ether oxygens (including phenoxy) is 1. The minimum absolute atomic E-state index is 0.0192. The van der Waals surface area contributed by atoms with Gasteiger partial charge in [-0.2, -0.15) is 15.1 Å². The van der Waals surface area contributed by atoms with Gasteiger partial charge in [-0.1, -0.05) is 12.1 Å². The normalized spacial score (nSPS) is 14.0. The van der Waals surface area contributed by atoms with E-state index in [-0.39, 0.29) is 30.9 Å². The van der Waals surface area contributed by atoms with E-state index < -0.39 is 6.04 Å². The molecule has 0 saturated heterocycles. The van der Waals surface area contributed by atoms with Crippen molar-refractivity contribution in [3.05, 3.63) is 41.1 Å². The van der Waals surface area contributed by atoms with Gasteiger partial charge in [0.2, 0.25) is 5.91 Å². The van der Waals surface area contributed by atoms with Gasteiger partial charge >= 0.3 is 6.01 Å². The Kier molecular flexibility index (Phi) is 4.34. The Morgan fingerprint density at radius 2 is 2.25 bits per heavy atom. The summed E-state index contributed by atoms with van der Waals surface area (Å²) in [5, 5.41) is 15.2. The van der Waals surface area contributed by atoms with E-state index in [1.165, 1.54) is 6.07 Å². The van der Waals surface area contributed by atoms with E-state index in [1.54, 1.807) is 12.1 Å². The fourth-order valence-electron chi connectivity index (χ4n) is 2.53. The number of amides is 1. The second kappa shape index (κ2) is 6.59. The number of carbonyl (C=O) groups excluding carboxylic acids is 1. The quantitative estimate of drug-likeness (QED) is 0.583. The molecule has 0 aliphatic carbocycles. The molecule has 3 rings (SSSR count). The molecule has 1 unspecified atom stereocenters. The van der Waals surface area contributed by atoms with Gasteiger partial charge in [-0.05, 0) is 17.2 Å². The maximum atomic E-state index is 11.5. The van der Waals surface area contributed by atoms with Crippen LogP contribution in [-0.4, -0.2) is 34.2 Å². The van der Waals surface area contributed by atoms with Crippen LogP contribution in [0.1, 0.15) is 22.9 Å². The third kappa shape index (κ3) is 3.15. The summed E-state index contributed by atoms with van der Waals surface area (Å²) in [5.41, 5.74) is 16.0. The number of nitrogens with two attached hydrogens (primary N) is 1. The van der Waals surface area contributed by atoms with E-state index in [2.05, 4.69) is 20.4 Å². The summed E-state index contributed by atoms with van der Waals surface area (Å²) >= 11 is 0. The first-order valence-corrected chi connectivity index (χ1v) is 7.28. The average Bonchev–Trinajstić information content (AvgIpc) is 2.92. The van der Waals surface area contributed by atoms with Crippen LogP contribution in [0.5, 0.6) is 6.01 Å². The van der Waals surface area contributed by atoms with Crippen molar-refractivity contribution in [1.29, 1.82) is 5.53 Å². The van der Waals surface area contributed by atoms with E-state index >= 15 is 0 Å². The third-order valence-corrected chi connectivity index (χ3v) is 3.55. The van der Waals surface area contributed by atoms with Gasteiger partial charge in [0.15, 0.2) is 0 Å². The summed E-state index contributed by atoms with van der Waals surface area (Å²) in [5.74, 6) is 0.118. The van der Waals surface area contributed by atoms with Gasteiger partial charge < -0.3 is 20.9 Å². The van der Waals surface area contributed by atoms with Crippen LogP contribution in [0.15, 0.2) is 29.4 Å². The predicted molar refractivity (Wildman–Crippen MR) is 84.8 cm³/mol. The van der Waals surface area contributed by atoms with E-state index in [0.717, 1.165) is 11.3 Å². The molecule has 0 fully saturated rings. The van der Waals surface area contributed by atoms with Gasteiger partial charge in [0.05, 0.1) is 18.7 Å². The minimum Gasteiger partial charge on any atom is -0.461 e. The molecule has 1 aromatic carbocycles. The zero-order valence-corrected chi connectivity index (χ0v) is 12.7. The molecule has 5 N–H and O–H groups in total. The fraction of sp³-hybridized carbons (Fsp3) is 0.267. The molecule has 0 saturated carbocycles. The summed E-state index contributed by atoms with van der Waals surface area (Å²) in [7, 11) is 0. The molecule has 124 valence electrons. The number of hydrogen-bond acceptors (Lipinski definition) is 8. The van der Waals surface area contributed by atoms with E-state index in [1.807, 2.05) is 6.07 Å². The molecule has 24 heavy (non-hydrogen) atoms. The first kappa shape index (κ1) is 15.8. The molecular formula is C15H16N6O3. The van der Waals surface area contributed by atoms with E-state index in [4.69, 9.17) is 21.1 Å². The van der Waals surface area contributed by atoms with Crippen molar-refractivity contribution in [2.75, 3.05) is 24.3 Å². The zero-order chi connectivity index (χ0) is 17.1. The van der Waals surface area contributed by atoms with Crippen LogP contribution >= 0.6 is 0 Å². The molecule has 1 atom stereocenters. The number of carbonyl (C=O) groups is 1. The van der Waals surface area contributed by atoms with Crippen molar-refractivity contribution in [3.63, 3.8) is 0 Å². The topological polar surface area (TPSA) is 147 Å². The summed E-state index contributed by atoms with van der Waals surface area (Å²) in [6, 6.07) is 6.23. The fourth-order valence-corrected chi connectivity index (χ4v) is 2.53.